The number of hydrogen-bond acceptors (Lipinski definition) is 5. The Morgan fingerprint density at radius 2 is 1.81 bits per heavy atom. The maximum atomic E-state index is 13.2. The van der Waals surface area contributed by atoms with Crippen LogP contribution in [0.15, 0.2) is 66.0 Å². The molecule has 2 heterocycles. The van der Waals surface area contributed by atoms with Crippen LogP contribution in [0.4, 0.5) is 0 Å². The summed E-state index contributed by atoms with van der Waals surface area (Å²) >= 11 is 1.56. The fraction of sp³-hybridized carbons (Fsp3) is 0.130. The van der Waals surface area contributed by atoms with Crippen molar-refractivity contribution < 1.29 is 14.4 Å². The molecule has 0 aliphatic rings. The lowest BCUT2D eigenvalue weighted by Gasteiger charge is -2.17. The van der Waals surface area contributed by atoms with E-state index in [1.165, 1.54) is 0 Å². The molecule has 0 aliphatic carbocycles. The molecule has 31 heavy (non-hydrogen) atoms. The first-order valence-corrected chi connectivity index (χ1v) is 10.5. The van der Waals surface area contributed by atoms with Gasteiger partial charge in [0.15, 0.2) is 0 Å². The van der Waals surface area contributed by atoms with Crippen LogP contribution >= 0.6 is 11.3 Å². The van der Waals surface area contributed by atoms with Crippen LogP contribution < -0.4 is 11.1 Å². The standard InChI is InChI=1S/C23H20N4O3S/c1-14-11-18(27(26-14)19-13-31-20-10-6-5-9-16(19)20)23(30)25-17(21(28)22(24)29)12-15-7-3-2-4-8-15/h2-11,13,17H,12H2,1H3,(H2,24,29)(H,25,30). The highest BCUT2D eigenvalue weighted by molar-refractivity contribution is 7.17. The van der Waals surface area contributed by atoms with Gasteiger partial charge < -0.3 is 11.1 Å². The quantitative estimate of drug-likeness (QED) is 0.438. The van der Waals surface area contributed by atoms with Crippen molar-refractivity contribution in [1.82, 2.24) is 15.1 Å². The maximum absolute atomic E-state index is 13.2. The number of nitrogens with zero attached hydrogens (tertiary/aromatic N) is 2. The van der Waals surface area contributed by atoms with E-state index in [1.807, 2.05) is 60.0 Å². The third-order valence-electron chi connectivity index (χ3n) is 4.90. The van der Waals surface area contributed by atoms with Crippen LogP contribution in [-0.2, 0) is 16.0 Å². The second-order valence-electron chi connectivity index (χ2n) is 7.14. The summed E-state index contributed by atoms with van der Waals surface area (Å²) in [4.78, 5) is 37.1. The average molecular weight is 433 g/mol. The Hall–Kier alpha value is -3.78. The van der Waals surface area contributed by atoms with Gasteiger partial charge in [0.05, 0.1) is 11.4 Å². The van der Waals surface area contributed by atoms with E-state index in [-0.39, 0.29) is 12.1 Å². The lowest BCUT2D eigenvalue weighted by molar-refractivity contribution is -0.137. The molecule has 7 nitrogen and oxygen atoms in total. The number of benzene rings is 2. The van der Waals surface area contributed by atoms with Crippen LogP contribution in [0.3, 0.4) is 0 Å². The van der Waals surface area contributed by atoms with Crippen molar-refractivity contribution in [1.29, 1.82) is 0 Å². The van der Waals surface area contributed by atoms with Crippen molar-refractivity contribution in [2.75, 3.05) is 0 Å². The molecule has 3 N–H and O–H groups in total. The monoisotopic (exact) mass is 432 g/mol. The fourth-order valence-corrected chi connectivity index (χ4v) is 4.36. The van der Waals surface area contributed by atoms with Gasteiger partial charge in [-0.15, -0.1) is 11.3 Å². The molecule has 0 bridgehead atoms. The highest BCUT2D eigenvalue weighted by atomic mass is 32.1. The smallest absolute Gasteiger partial charge is 0.287 e. The molecule has 4 rings (SSSR count). The molecule has 8 heteroatoms. The molecule has 1 unspecified atom stereocenters. The zero-order valence-electron chi connectivity index (χ0n) is 16.7. The van der Waals surface area contributed by atoms with E-state index in [4.69, 9.17) is 5.73 Å². The van der Waals surface area contributed by atoms with E-state index < -0.39 is 23.6 Å². The minimum absolute atomic E-state index is 0.156. The van der Waals surface area contributed by atoms with Gasteiger partial charge in [-0.1, -0.05) is 48.5 Å². The Kier molecular flexibility index (Phi) is 5.64. The summed E-state index contributed by atoms with van der Waals surface area (Å²) in [6.07, 6.45) is 0.156. The molecule has 0 aliphatic heterocycles. The van der Waals surface area contributed by atoms with Crippen LogP contribution in [0, 0.1) is 6.92 Å². The van der Waals surface area contributed by atoms with Crippen LogP contribution in [0.25, 0.3) is 15.8 Å². The van der Waals surface area contributed by atoms with Crippen molar-refractivity contribution >= 4 is 39.0 Å². The predicted octanol–water partition coefficient (Wildman–Crippen LogP) is 2.79. The van der Waals surface area contributed by atoms with Gasteiger partial charge in [-0.05, 0) is 24.6 Å². The number of Topliss-reactive ketones (excluding diaryl/α,β-unsaturated/α-hetero) is 1. The molecule has 0 fully saturated rings. The van der Waals surface area contributed by atoms with Gasteiger partial charge in [0, 0.05) is 21.9 Å². The maximum Gasteiger partial charge on any atom is 0.287 e. The van der Waals surface area contributed by atoms with Crippen LogP contribution in [0.1, 0.15) is 21.7 Å². The number of aromatic nitrogens is 2. The van der Waals surface area contributed by atoms with E-state index in [9.17, 15) is 14.4 Å². The number of nitrogens with one attached hydrogen (secondary N) is 1. The number of aryl methyl sites for hydroxylation is 1. The minimum Gasteiger partial charge on any atom is -0.363 e. The first-order valence-electron chi connectivity index (χ1n) is 9.65. The summed E-state index contributed by atoms with van der Waals surface area (Å²) in [6, 6.07) is 17.6. The summed E-state index contributed by atoms with van der Waals surface area (Å²) < 4.78 is 2.64. The normalized spacial score (nSPS) is 11.9. The molecule has 0 spiro atoms. The van der Waals surface area contributed by atoms with Gasteiger partial charge in [-0.3, -0.25) is 14.4 Å². The Bertz CT molecular complexity index is 1280. The molecule has 4 aromatic rings. The lowest BCUT2D eigenvalue weighted by Crippen LogP contribution is -2.47. The molecule has 0 radical (unpaired) electrons. The zero-order valence-corrected chi connectivity index (χ0v) is 17.6. The van der Waals surface area contributed by atoms with Gasteiger partial charge >= 0.3 is 0 Å². The third-order valence-corrected chi connectivity index (χ3v) is 5.85. The second-order valence-corrected chi connectivity index (χ2v) is 8.06. The molecule has 0 saturated carbocycles. The number of thiophene rings is 1. The molecule has 2 aromatic heterocycles. The molecule has 0 saturated heterocycles. The summed E-state index contributed by atoms with van der Waals surface area (Å²) in [5.41, 5.74) is 7.73. The van der Waals surface area contributed by atoms with Crippen molar-refractivity contribution in [2.45, 2.75) is 19.4 Å². The third kappa shape index (κ3) is 4.24. The van der Waals surface area contributed by atoms with Gasteiger partial charge in [0.2, 0.25) is 5.78 Å². The first-order chi connectivity index (χ1) is 14.9. The first kappa shape index (κ1) is 20.5. The van der Waals surface area contributed by atoms with Crippen molar-refractivity contribution in [3.63, 3.8) is 0 Å². The molecular weight excluding hydrogens is 412 g/mol. The highest BCUT2D eigenvalue weighted by Crippen LogP contribution is 2.29. The summed E-state index contributed by atoms with van der Waals surface area (Å²) in [6.45, 7) is 1.79. The fourth-order valence-electron chi connectivity index (χ4n) is 3.44. The van der Waals surface area contributed by atoms with Crippen molar-refractivity contribution in [2.24, 2.45) is 5.73 Å². The van der Waals surface area contributed by atoms with Crippen LogP contribution in [0.5, 0.6) is 0 Å². The van der Waals surface area contributed by atoms with E-state index in [2.05, 4.69) is 10.4 Å². The SMILES string of the molecule is Cc1cc(C(=O)NC(Cc2ccccc2)C(=O)C(N)=O)n(-c2csc3ccccc23)n1. The van der Waals surface area contributed by atoms with E-state index in [0.717, 1.165) is 21.3 Å². The van der Waals surface area contributed by atoms with Crippen LogP contribution in [-0.4, -0.2) is 33.4 Å². The number of amides is 2. The molecule has 2 aromatic carbocycles. The zero-order chi connectivity index (χ0) is 22.0. The average Bonchev–Trinajstić information content (AvgIpc) is 3.36. The van der Waals surface area contributed by atoms with Gasteiger partial charge in [0.1, 0.15) is 11.7 Å². The number of rotatable bonds is 7. The molecular formula is C23H20N4O3S. The van der Waals surface area contributed by atoms with E-state index >= 15 is 0 Å². The van der Waals surface area contributed by atoms with Gasteiger partial charge in [-0.25, -0.2) is 4.68 Å². The Labute approximate surface area is 182 Å². The number of nitrogens with two attached hydrogens (primary N) is 1. The van der Waals surface area contributed by atoms with E-state index in [0.29, 0.717) is 5.69 Å². The van der Waals surface area contributed by atoms with Gasteiger partial charge in [0.25, 0.3) is 11.8 Å². The molecule has 1 atom stereocenters. The number of carbonyl (C=O) groups excluding carboxylic acids is 3. The predicted molar refractivity (Wildman–Crippen MR) is 119 cm³/mol. The minimum atomic E-state index is -1.09. The number of fused-ring (bicyclic) bond motifs is 1. The topological polar surface area (TPSA) is 107 Å². The molecule has 2 amide bonds. The van der Waals surface area contributed by atoms with Crippen molar-refractivity contribution in [3.8, 4) is 5.69 Å². The van der Waals surface area contributed by atoms with Crippen molar-refractivity contribution in [3.05, 3.63) is 83.0 Å². The number of primary amides is 1. The summed E-state index contributed by atoms with van der Waals surface area (Å²) in [7, 11) is 0. The number of carbonyl (C=O) groups is 3. The highest BCUT2D eigenvalue weighted by Gasteiger charge is 2.27. The van der Waals surface area contributed by atoms with Crippen LogP contribution in [0.2, 0.25) is 0 Å². The Balaban J connectivity index is 1.67. The number of hydrogen-bond donors (Lipinski definition) is 2. The van der Waals surface area contributed by atoms with Gasteiger partial charge in [-0.2, -0.15) is 5.10 Å². The molecule has 156 valence electrons. The summed E-state index contributed by atoms with van der Waals surface area (Å²) in [5.74, 6) is -2.44. The Morgan fingerprint density at radius 1 is 1.10 bits per heavy atom. The number of ketones is 1. The summed E-state index contributed by atoms with van der Waals surface area (Å²) in [5, 5.41) is 10.1. The lowest BCUT2D eigenvalue weighted by atomic mass is 10.0. The van der Waals surface area contributed by atoms with E-state index in [1.54, 1.807) is 29.0 Å². The second kappa shape index (κ2) is 8.53. The largest absolute Gasteiger partial charge is 0.363 e. The Morgan fingerprint density at radius 3 is 2.55 bits per heavy atom.